The summed E-state index contributed by atoms with van der Waals surface area (Å²) in [5.41, 5.74) is 0.995. The molecule has 1 fully saturated rings. The summed E-state index contributed by atoms with van der Waals surface area (Å²) >= 11 is 0. The lowest BCUT2D eigenvalue weighted by molar-refractivity contribution is -0.159. The Morgan fingerprint density at radius 3 is 2.54 bits per heavy atom. The number of carboxylic acids is 1. The molecule has 6 nitrogen and oxygen atoms in total. The summed E-state index contributed by atoms with van der Waals surface area (Å²) in [6, 6.07) is 21.1. The van der Waals surface area contributed by atoms with Gasteiger partial charge in [0.2, 0.25) is 0 Å². The molecule has 0 atom stereocenters. The molecule has 1 aliphatic carbocycles. The zero-order valence-corrected chi connectivity index (χ0v) is 19.6. The average Bonchev–Trinajstić information content (AvgIpc) is 2.88. The van der Waals surface area contributed by atoms with Gasteiger partial charge >= 0.3 is 11.9 Å². The molecule has 1 aromatic heterocycles. The number of carbonyl (C=O) groups excluding carboxylic acids is 1. The predicted octanol–water partition coefficient (Wildman–Crippen LogP) is 6.16. The lowest BCUT2D eigenvalue weighted by Crippen LogP contribution is -2.37. The van der Waals surface area contributed by atoms with Crippen LogP contribution in [0.25, 0.3) is 21.7 Å². The third-order valence-corrected chi connectivity index (χ3v) is 6.98. The summed E-state index contributed by atoms with van der Waals surface area (Å²) in [5.74, 6) is -0.715. The van der Waals surface area contributed by atoms with Crippen LogP contribution in [0, 0.1) is 5.41 Å². The summed E-state index contributed by atoms with van der Waals surface area (Å²) < 4.78 is 11.9. The van der Waals surface area contributed by atoms with E-state index in [9.17, 15) is 14.7 Å². The van der Waals surface area contributed by atoms with Crippen molar-refractivity contribution in [3.05, 3.63) is 84.1 Å². The number of hydrogen-bond acceptors (Lipinski definition) is 5. The molecule has 1 N–H and O–H groups in total. The third kappa shape index (κ3) is 4.69. The van der Waals surface area contributed by atoms with Crippen molar-refractivity contribution in [2.75, 3.05) is 0 Å². The molecule has 0 radical (unpaired) electrons. The molecule has 6 heteroatoms. The van der Waals surface area contributed by atoms with Crippen LogP contribution in [0.4, 0.5) is 0 Å². The van der Waals surface area contributed by atoms with Crippen molar-refractivity contribution in [1.82, 2.24) is 4.98 Å². The quantitative estimate of drug-likeness (QED) is 0.341. The smallest absolute Gasteiger partial charge is 0.338 e. The molecule has 178 valence electrons. The minimum Gasteiger partial charge on any atom is -0.490 e. The van der Waals surface area contributed by atoms with Crippen LogP contribution in [0.2, 0.25) is 0 Å². The molecule has 0 bridgehead atoms. The molecular formula is C29H27NO5. The Balaban J connectivity index is 1.22. The van der Waals surface area contributed by atoms with E-state index >= 15 is 0 Å². The molecule has 5 rings (SSSR count). The maximum Gasteiger partial charge on any atom is 0.338 e. The number of nitrogens with zero attached hydrogens (tertiary/aromatic N) is 1. The monoisotopic (exact) mass is 469 g/mol. The number of pyridine rings is 1. The first-order valence-electron chi connectivity index (χ1n) is 11.9. The van der Waals surface area contributed by atoms with Crippen LogP contribution in [0.5, 0.6) is 5.75 Å². The molecular weight excluding hydrogens is 442 g/mol. The molecule has 0 unspecified atom stereocenters. The van der Waals surface area contributed by atoms with Gasteiger partial charge in [0, 0.05) is 11.6 Å². The zero-order chi connectivity index (χ0) is 24.4. The summed E-state index contributed by atoms with van der Waals surface area (Å²) in [6.45, 7) is 2.21. The number of rotatable bonds is 6. The topological polar surface area (TPSA) is 85.7 Å². The number of hydrogen-bond donors (Lipinski definition) is 1. The Bertz CT molecular complexity index is 1400. The van der Waals surface area contributed by atoms with Crippen LogP contribution in [-0.2, 0) is 16.1 Å². The van der Waals surface area contributed by atoms with Gasteiger partial charge in [0.1, 0.15) is 12.4 Å². The molecule has 0 saturated heterocycles. The van der Waals surface area contributed by atoms with E-state index in [2.05, 4.69) is 17.1 Å². The van der Waals surface area contributed by atoms with Crippen molar-refractivity contribution in [3.63, 3.8) is 0 Å². The summed E-state index contributed by atoms with van der Waals surface area (Å²) in [5, 5.41) is 12.5. The predicted molar refractivity (Wildman–Crippen MR) is 133 cm³/mol. The number of ether oxygens (including phenoxy) is 2. The van der Waals surface area contributed by atoms with Crippen LogP contribution in [0.1, 0.15) is 48.5 Å². The average molecular weight is 470 g/mol. The Hall–Kier alpha value is -3.93. The maximum absolute atomic E-state index is 13.0. The fraction of sp³-hybridized carbons (Fsp3) is 0.276. The first-order chi connectivity index (χ1) is 16.9. The second-order valence-electron chi connectivity index (χ2n) is 9.44. The van der Waals surface area contributed by atoms with Gasteiger partial charge < -0.3 is 14.6 Å². The van der Waals surface area contributed by atoms with Crippen LogP contribution >= 0.6 is 0 Å². The van der Waals surface area contributed by atoms with Gasteiger partial charge in [-0.25, -0.2) is 4.79 Å². The molecule has 35 heavy (non-hydrogen) atoms. The largest absolute Gasteiger partial charge is 0.490 e. The summed E-state index contributed by atoms with van der Waals surface area (Å²) in [6.07, 6.45) is 4.15. The number of carbonyl (C=O) groups is 2. The first-order valence-corrected chi connectivity index (χ1v) is 11.9. The summed E-state index contributed by atoms with van der Waals surface area (Å²) in [4.78, 5) is 28.9. The lowest BCUT2D eigenvalue weighted by Gasteiger charge is -2.35. The second kappa shape index (κ2) is 9.37. The Labute approximate surface area is 203 Å². The van der Waals surface area contributed by atoms with Gasteiger partial charge in [-0.1, -0.05) is 48.5 Å². The molecule has 1 saturated carbocycles. The number of benzene rings is 3. The Morgan fingerprint density at radius 2 is 1.74 bits per heavy atom. The first kappa shape index (κ1) is 22.8. The van der Waals surface area contributed by atoms with Crippen molar-refractivity contribution in [2.24, 2.45) is 5.41 Å². The van der Waals surface area contributed by atoms with Gasteiger partial charge in [0.15, 0.2) is 0 Å². The van der Waals surface area contributed by atoms with E-state index in [0.717, 1.165) is 21.7 Å². The maximum atomic E-state index is 13.0. The Morgan fingerprint density at radius 1 is 1.00 bits per heavy atom. The number of carboxylic acid groups (broad SMARTS) is 1. The second-order valence-corrected chi connectivity index (χ2v) is 9.44. The molecule has 4 aromatic rings. The fourth-order valence-corrected chi connectivity index (χ4v) is 4.87. The van der Waals surface area contributed by atoms with Crippen LogP contribution in [0.3, 0.4) is 0 Å². The number of aromatic nitrogens is 1. The number of aromatic carboxylic acids is 1. The van der Waals surface area contributed by atoms with E-state index in [0.29, 0.717) is 36.9 Å². The standard InChI is InChI=1S/C29H27NO5/c1-29(28(33)34-18-21-8-4-7-19-6-2-3-10-24(19)21)13-11-22(12-14-29)35-23-16-20-9-5-15-30-26(20)25(17-23)27(31)32/h2-10,15-17,22H,11-14,18H2,1H3,(H,31,32)/t22-,29+. The Kier molecular flexibility index (Phi) is 6.12. The molecule has 1 aliphatic rings. The van der Waals surface area contributed by atoms with Crippen molar-refractivity contribution < 1.29 is 24.2 Å². The van der Waals surface area contributed by atoms with Crippen molar-refractivity contribution in [3.8, 4) is 5.75 Å². The lowest BCUT2D eigenvalue weighted by atomic mass is 9.74. The fourth-order valence-electron chi connectivity index (χ4n) is 4.87. The van der Waals surface area contributed by atoms with E-state index in [-0.39, 0.29) is 24.2 Å². The van der Waals surface area contributed by atoms with Crippen LogP contribution < -0.4 is 4.74 Å². The zero-order valence-electron chi connectivity index (χ0n) is 19.6. The van der Waals surface area contributed by atoms with Crippen molar-refractivity contribution in [2.45, 2.75) is 45.3 Å². The van der Waals surface area contributed by atoms with Crippen molar-refractivity contribution >= 4 is 33.6 Å². The van der Waals surface area contributed by atoms with Gasteiger partial charge in [-0.05, 0) is 67.1 Å². The molecule has 3 aromatic carbocycles. The van der Waals surface area contributed by atoms with Crippen LogP contribution in [0.15, 0.2) is 72.9 Å². The van der Waals surface area contributed by atoms with Gasteiger partial charge in [-0.2, -0.15) is 0 Å². The molecule has 1 heterocycles. The van der Waals surface area contributed by atoms with E-state index < -0.39 is 11.4 Å². The van der Waals surface area contributed by atoms with Crippen molar-refractivity contribution in [1.29, 1.82) is 0 Å². The highest BCUT2D eigenvalue weighted by molar-refractivity contribution is 6.02. The highest BCUT2D eigenvalue weighted by atomic mass is 16.5. The number of fused-ring (bicyclic) bond motifs is 2. The minimum atomic E-state index is -1.04. The minimum absolute atomic E-state index is 0.0929. The normalized spacial score (nSPS) is 20.0. The van der Waals surface area contributed by atoms with Gasteiger partial charge in [-0.15, -0.1) is 0 Å². The van der Waals surface area contributed by atoms with E-state index in [1.165, 1.54) is 6.07 Å². The van der Waals surface area contributed by atoms with Gasteiger partial charge in [0.05, 0.1) is 22.6 Å². The molecule has 0 amide bonds. The van der Waals surface area contributed by atoms with E-state index in [1.807, 2.05) is 49.4 Å². The highest BCUT2D eigenvalue weighted by Gasteiger charge is 2.39. The van der Waals surface area contributed by atoms with Crippen LogP contribution in [-0.4, -0.2) is 28.1 Å². The van der Waals surface area contributed by atoms with E-state index in [4.69, 9.17) is 9.47 Å². The van der Waals surface area contributed by atoms with E-state index in [1.54, 1.807) is 12.3 Å². The highest BCUT2D eigenvalue weighted by Crippen LogP contribution is 2.39. The summed E-state index contributed by atoms with van der Waals surface area (Å²) in [7, 11) is 0. The van der Waals surface area contributed by atoms with Gasteiger partial charge in [-0.3, -0.25) is 9.78 Å². The SMILES string of the molecule is C[C@]1(C(=O)OCc2cccc3ccccc23)CC[C@@H](Oc2cc(C(=O)O)c3ncccc3c2)CC1. The number of esters is 1. The third-order valence-electron chi connectivity index (χ3n) is 6.98. The molecule has 0 spiro atoms. The van der Waals surface area contributed by atoms with Gasteiger partial charge in [0.25, 0.3) is 0 Å². The molecule has 0 aliphatic heterocycles.